The van der Waals surface area contributed by atoms with Gasteiger partial charge in [-0.15, -0.1) is 0 Å². The number of carbonyl (C=O) groups is 2. The zero-order chi connectivity index (χ0) is 30.4. The number of anilines is 1. The number of halogens is 4. The summed E-state index contributed by atoms with van der Waals surface area (Å²) in [6, 6.07) is 15.3. The number of benzene rings is 3. The largest absolute Gasteiger partial charge is 0.352 e. The van der Waals surface area contributed by atoms with Crippen LogP contribution in [-0.2, 0) is 32.6 Å². The molecular formula is C30H31Cl2F2N3O4S. The number of hydrogen-bond acceptors (Lipinski definition) is 4. The van der Waals surface area contributed by atoms with Gasteiger partial charge in [0.05, 0.1) is 11.9 Å². The van der Waals surface area contributed by atoms with Crippen molar-refractivity contribution in [3.05, 3.63) is 99.5 Å². The number of sulfonamides is 1. The number of carbonyl (C=O) groups excluding carboxylic acids is 2. The van der Waals surface area contributed by atoms with Gasteiger partial charge in [0.2, 0.25) is 21.8 Å². The molecule has 0 spiro atoms. The summed E-state index contributed by atoms with van der Waals surface area (Å²) in [6.07, 6.45) is 4.60. The van der Waals surface area contributed by atoms with E-state index >= 15 is 0 Å². The zero-order valence-corrected chi connectivity index (χ0v) is 25.2. The van der Waals surface area contributed by atoms with Crippen molar-refractivity contribution in [3.8, 4) is 0 Å². The van der Waals surface area contributed by atoms with Crippen LogP contribution in [0.2, 0.25) is 10.0 Å². The molecule has 1 aliphatic rings. The molecule has 0 aromatic heterocycles. The normalized spacial score (nSPS) is 14.4. The summed E-state index contributed by atoms with van der Waals surface area (Å²) >= 11 is 12.5. The Kier molecular flexibility index (Phi) is 10.5. The third kappa shape index (κ3) is 8.20. The van der Waals surface area contributed by atoms with Gasteiger partial charge < -0.3 is 10.2 Å². The van der Waals surface area contributed by atoms with E-state index in [1.165, 1.54) is 11.0 Å². The molecule has 7 nitrogen and oxygen atoms in total. The maximum Gasteiger partial charge on any atom is 0.244 e. The summed E-state index contributed by atoms with van der Waals surface area (Å²) in [6.45, 7) is -0.906. The quantitative estimate of drug-likeness (QED) is 0.291. The Bertz CT molecular complexity index is 1540. The van der Waals surface area contributed by atoms with E-state index in [9.17, 15) is 26.8 Å². The second-order valence-corrected chi connectivity index (χ2v) is 13.1. The second kappa shape index (κ2) is 13.8. The van der Waals surface area contributed by atoms with Crippen molar-refractivity contribution in [3.63, 3.8) is 0 Å². The zero-order valence-electron chi connectivity index (χ0n) is 22.9. The maximum absolute atomic E-state index is 14.1. The monoisotopic (exact) mass is 637 g/mol. The minimum absolute atomic E-state index is 0.0402. The molecule has 1 aliphatic carbocycles. The molecule has 12 heteroatoms. The minimum atomic E-state index is -4.13. The lowest BCUT2D eigenvalue weighted by molar-refractivity contribution is -0.140. The van der Waals surface area contributed by atoms with Crippen LogP contribution in [-0.4, -0.2) is 50.0 Å². The lowest BCUT2D eigenvalue weighted by Crippen LogP contribution is -2.54. The first kappa shape index (κ1) is 31.7. The first-order valence-corrected chi connectivity index (χ1v) is 16.0. The van der Waals surface area contributed by atoms with Crippen LogP contribution < -0.4 is 9.62 Å². The number of nitrogens with zero attached hydrogens (tertiary/aromatic N) is 2. The molecule has 3 aromatic carbocycles. The van der Waals surface area contributed by atoms with Crippen LogP contribution in [0.15, 0.2) is 66.7 Å². The first-order valence-electron chi connectivity index (χ1n) is 13.4. The van der Waals surface area contributed by atoms with Gasteiger partial charge in [-0.3, -0.25) is 13.9 Å². The highest BCUT2D eigenvalue weighted by Crippen LogP contribution is 2.26. The van der Waals surface area contributed by atoms with E-state index in [1.54, 1.807) is 12.1 Å². The van der Waals surface area contributed by atoms with Crippen LogP contribution in [0.5, 0.6) is 0 Å². The molecule has 1 fully saturated rings. The summed E-state index contributed by atoms with van der Waals surface area (Å²) < 4.78 is 54.0. The third-order valence-corrected chi connectivity index (χ3v) is 8.93. The second-order valence-electron chi connectivity index (χ2n) is 10.3. The summed E-state index contributed by atoms with van der Waals surface area (Å²) in [7, 11) is -4.13. The van der Waals surface area contributed by atoms with E-state index in [4.69, 9.17) is 23.2 Å². The summed E-state index contributed by atoms with van der Waals surface area (Å²) in [4.78, 5) is 29.2. The van der Waals surface area contributed by atoms with Crippen LogP contribution >= 0.6 is 23.2 Å². The first-order chi connectivity index (χ1) is 19.9. The topological polar surface area (TPSA) is 86.8 Å². The molecule has 1 N–H and O–H groups in total. The van der Waals surface area contributed by atoms with E-state index in [0.717, 1.165) is 49.6 Å². The number of hydrogen-bond donors (Lipinski definition) is 1. The van der Waals surface area contributed by atoms with Crippen molar-refractivity contribution in [2.75, 3.05) is 17.1 Å². The molecule has 0 heterocycles. The van der Waals surface area contributed by atoms with Crippen molar-refractivity contribution in [2.45, 2.75) is 50.7 Å². The van der Waals surface area contributed by atoms with Crippen LogP contribution in [0.4, 0.5) is 14.5 Å². The van der Waals surface area contributed by atoms with Gasteiger partial charge in [0, 0.05) is 35.1 Å². The summed E-state index contributed by atoms with van der Waals surface area (Å²) in [5, 5.41) is 3.70. The molecule has 3 aromatic rings. The average molecular weight is 639 g/mol. The Morgan fingerprint density at radius 3 is 2.29 bits per heavy atom. The Morgan fingerprint density at radius 1 is 0.976 bits per heavy atom. The molecule has 1 unspecified atom stereocenters. The van der Waals surface area contributed by atoms with Crippen LogP contribution in [0.25, 0.3) is 0 Å². The smallest absolute Gasteiger partial charge is 0.244 e. The predicted octanol–water partition coefficient (Wildman–Crippen LogP) is 5.74. The molecular weight excluding hydrogens is 607 g/mol. The maximum atomic E-state index is 14.1. The Hall–Kier alpha value is -3.21. The van der Waals surface area contributed by atoms with Gasteiger partial charge in [-0.1, -0.05) is 72.4 Å². The molecule has 42 heavy (non-hydrogen) atoms. The molecule has 4 rings (SSSR count). The van der Waals surface area contributed by atoms with E-state index in [2.05, 4.69) is 5.32 Å². The highest BCUT2D eigenvalue weighted by atomic mass is 35.5. The van der Waals surface area contributed by atoms with Crippen LogP contribution in [0.3, 0.4) is 0 Å². The molecule has 0 radical (unpaired) electrons. The standard InChI is InChI=1S/C30H31Cl2F2N3O4S/c1-42(40,41)37(24-13-14-26(33)27(34)17-24)19-29(38)36(18-21-11-12-22(31)16-25(21)32)28(15-20-7-3-2-4-8-20)30(39)35-23-9-5-6-10-23/h2-4,7-8,11-14,16-17,23,28H,5-6,9-10,15,18-19H2,1H3,(H,35,39). The fourth-order valence-electron chi connectivity index (χ4n) is 5.01. The minimum Gasteiger partial charge on any atom is -0.352 e. The molecule has 0 saturated heterocycles. The van der Waals surface area contributed by atoms with Gasteiger partial charge in [0.15, 0.2) is 11.6 Å². The average Bonchev–Trinajstić information content (AvgIpc) is 3.45. The van der Waals surface area contributed by atoms with Gasteiger partial charge >= 0.3 is 0 Å². The molecule has 1 atom stereocenters. The van der Waals surface area contributed by atoms with Gasteiger partial charge in [0.25, 0.3) is 0 Å². The van der Waals surface area contributed by atoms with E-state index in [-0.39, 0.29) is 35.6 Å². The Labute approximate surface area is 254 Å². The molecule has 224 valence electrons. The lowest BCUT2D eigenvalue weighted by atomic mass is 10.0. The molecule has 2 amide bonds. The van der Waals surface area contributed by atoms with E-state index < -0.39 is 40.2 Å². The fourth-order valence-corrected chi connectivity index (χ4v) is 6.32. The van der Waals surface area contributed by atoms with Crippen molar-refractivity contribution < 1.29 is 26.8 Å². The number of amides is 2. The van der Waals surface area contributed by atoms with Gasteiger partial charge in [0.1, 0.15) is 12.6 Å². The Morgan fingerprint density at radius 2 is 1.67 bits per heavy atom. The van der Waals surface area contributed by atoms with Crippen LogP contribution in [0, 0.1) is 11.6 Å². The fraction of sp³-hybridized carbons (Fsp3) is 0.333. The summed E-state index contributed by atoms with van der Waals surface area (Å²) in [5.74, 6) is -3.55. The Balaban J connectivity index is 1.75. The molecule has 0 bridgehead atoms. The van der Waals surface area contributed by atoms with Crippen molar-refractivity contribution in [1.82, 2.24) is 10.2 Å². The van der Waals surface area contributed by atoms with Gasteiger partial charge in [-0.05, 0) is 48.2 Å². The summed E-state index contributed by atoms with van der Waals surface area (Å²) in [5.41, 5.74) is 1.04. The highest BCUT2D eigenvalue weighted by Gasteiger charge is 2.34. The van der Waals surface area contributed by atoms with Gasteiger partial charge in [-0.2, -0.15) is 0 Å². The van der Waals surface area contributed by atoms with Gasteiger partial charge in [-0.25, -0.2) is 17.2 Å². The van der Waals surface area contributed by atoms with Crippen molar-refractivity contribution in [1.29, 1.82) is 0 Å². The van der Waals surface area contributed by atoms with Crippen molar-refractivity contribution >= 4 is 50.7 Å². The lowest BCUT2D eigenvalue weighted by Gasteiger charge is -2.34. The highest BCUT2D eigenvalue weighted by molar-refractivity contribution is 7.92. The third-order valence-electron chi connectivity index (χ3n) is 7.20. The van der Waals surface area contributed by atoms with E-state index in [1.807, 2.05) is 30.3 Å². The number of rotatable bonds is 11. The van der Waals surface area contributed by atoms with Crippen molar-refractivity contribution in [2.24, 2.45) is 0 Å². The van der Waals surface area contributed by atoms with Crippen LogP contribution in [0.1, 0.15) is 36.8 Å². The SMILES string of the molecule is CS(=O)(=O)N(CC(=O)N(Cc1ccc(Cl)cc1Cl)C(Cc1ccccc1)C(=O)NC1CCCC1)c1ccc(F)c(F)c1. The molecule has 0 aliphatic heterocycles. The predicted molar refractivity (Wildman–Crippen MR) is 160 cm³/mol. The molecule has 1 saturated carbocycles. The van der Waals surface area contributed by atoms with E-state index in [0.29, 0.717) is 21.0 Å². The number of nitrogens with one attached hydrogen (secondary N) is 1.